The van der Waals surface area contributed by atoms with Gasteiger partial charge in [-0.05, 0) is 37.3 Å². The van der Waals surface area contributed by atoms with Gasteiger partial charge in [0, 0.05) is 22.2 Å². The lowest BCUT2D eigenvalue weighted by Crippen LogP contribution is -2.45. The van der Waals surface area contributed by atoms with Crippen molar-refractivity contribution in [2.45, 2.75) is 24.0 Å². The molecule has 1 heterocycles. The summed E-state index contributed by atoms with van der Waals surface area (Å²) in [5.41, 5.74) is 0. The van der Waals surface area contributed by atoms with Gasteiger partial charge in [-0.1, -0.05) is 6.42 Å². The molecule has 1 aliphatic rings. The van der Waals surface area contributed by atoms with Crippen LogP contribution < -0.4 is 5.32 Å². The van der Waals surface area contributed by atoms with Gasteiger partial charge in [0.1, 0.15) is 0 Å². The molecule has 1 aromatic heterocycles. The molecule has 0 bridgehead atoms. The lowest BCUT2D eigenvalue weighted by Gasteiger charge is -2.40. The summed E-state index contributed by atoms with van der Waals surface area (Å²) in [5, 5.41) is 11.5. The average Bonchev–Trinajstić information content (AvgIpc) is 2.84. The highest BCUT2D eigenvalue weighted by molar-refractivity contribution is 8.00. The Hall–Kier alpha value is -1.27. The number of hydrogen-bond donors (Lipinski definition) is 2. The number of aliphatic carboxylic acids is 1. The number of carbonyl (C=O) groups excluding carboxylic acids is 1. The van der Waals surface area contributed by atoms with Crippen LogP contribution in [0.1, 0.15) is 33.8 Å². The number of amides is 1. The zero-order valence-corrected chi connectivity index (χ0v) is 12.9. The van der Waals surface area contributed by atoms with Crippen LogP contribution in [0.5, 0.6) is 0 Å². The van der Waals surface area contributed by atoms with E-state index >= 15 is 0 Å². The maximum Gasteiger partial charge on any atom is 0.328 e. The van der Waals surface area contributed by atoms with E-state index in [4.69, 9.17) is 5.11 Å². The van der Waals surface area contributed by atoms with Gasteiger partial charge in [0.2, 0.25) is 0 Å². The fraction of sp³-hybridized carbons (Fsp3) is 0.429. The van der Waals surface area contributed by atoms with Crippen molar-refractivity contribution in [2.24, 2.45) is 0 Å². The summed E-state index contributed by atoms with van der Waals surface area (Å²) < 4.78 is 0.221. The van der Waals surface area contributed by atoms with Gasteiger partial charge < -0.3 is 10.4 Å². The molecule has 0 aromatic carbocycles. The van der Waals surface area contributed by atoms with Gasteiger partial charge in [0.15, 0.2) is 0 Å². The van der Waals surface area contributed by atoms with E-state index in [-0.39, 0.29) is 10.7 Å². The standard InChI is InChI=1S/C14H17NO3S2/c1-19-14(7-2-8-14)9-15-13(18)11-5-3-10(20-11)4-6-12(16)17/h3-6H,2,7-9H2,1H3,(H,15,18)(H,16,17)/b6-4+. The van der Waals surface area contributed by atoms with E-state index in [2.05, 4.69) is 11.6 Å². The minimum absolute atomic E-state index is 0.0784. The van der Waals surface area contributed by atoms with Crippen molar-refractivity contribution in [2.75, 3.05) is 12.8 Å². The lowest BCUT2D eigenvalue weighted by atomic mass is 9.84. The summed E-state index contributed by atoms with van der Waals surface area (Å²) in [6, 6.07) is 3.49. The van der Waals surface area contributed by atoms with Gasteiger partial charge in [0.25, 0.3) is 5.91 Å². The minimum Gasteiger partial charge on any atom is -0.478 e. The van der Waals surface area contributed by atoms with Crippen molar-refractivity contribution in [1.29, 1.82) is 0 Å². The van der Waals surface area contributed by atoms with Gasteiger partial charge in [-0.2, -0.15) is 11.8 Å². The first-order chi connectivity index (χ1) is 9.54. The SMILES string of the molecule is CSC1(CNC(=O)c2ccc(/C=C/C(=O)O)s2)CCC1. The van der Waals surface area contributed by atoms with Crippen molar-refractivity contribution >= 4 is 41.1 Å². The Morgan fingerprint density at radius 1 is 1.50 bits per heavy atom. The third kappa shape index (κ3) is 3.64. The summed E-state index contributed by atoms with van der Waals surface area (Å²) in [6.07, 6.45) is 8.21. The summed E-state index contributed by atoms with van der Waals surface area (Å²) in [4.78, 5) is 23.9. The second kappa shape index (κ2) is 6.45. The highest BCUT2D eigenvalue weighted by Gasteiger charge is 2.36. The molecule has 1 aliphatic carbocycles. The second-order valence-electron chi connectivity index (χ2n) is 4.80. The molecule has 0 unspecified atom stereocenters. The van der Waals surface area contributed by atoms with Crippen molar-refractivity contribution in [3.8, 4) is 0 Å². The Morgan fingerprint density at radius 2 is 2.25 bits per heavy atom. The normalized spacial score (nSPS) is 16.9. The maximum absolute atomic E-state index is 12.0. The molecule has 1 aromatic rings. The smallest absolute Gasteiger partial charge is 0.328 e. The van der Waals surface area contributed by atoms with Gasteiger partial charge >= 0.3 is 5.97 Å². The zero-order valence-electron chi connectivity index (χ0n) is 11.2. The number of carbonyl (C=O) groups is 2. The quantitative estimate of drug-likeness (QED) is 0.793. The van der Waals surface area contributed by atoms with Gasteiger partial charge in [-0.25, -0.2) is 4.79 Å². The molecule has 20 heavy (non-hydrogen) atoms. The molecule has 0 aliphatic heterocycles. The zero-order chi connectivity index (χ0) is 14.6. The van der Waals surface area contributed by atoms with Crippen LogP contribution in [0.25, 0.3) is 6.08 Å². The number of thiophene rings is 1. The van der Waals surface area contributed by atoms with Crippen LogP contribution >= 0.6 is 23.1 Å². The average molecular weight is 311 g/mol. The molecular formula is C14H17NO3S2. The Balaban J connectivity index is 1.91. The van der Waals surface area contributed by atoms with E-state index in [0.717, 1.165) is 23.8 Å². The number of carboxylic acids is 1. The van der Waals surface area contributed by atoms with E-state index in [1.54, 1.807) is 12.1 Å². The van der Waals surface area contributed by atoms with Crippen LogP contribution in [0, 0.1) is 0 Å². The number of rotatable bonds is 6. The van der Waals surface area contributed by atoms with Crippen LogP contribution in [0.4, 0.5) is 0 Å². The number of thioether (sulfide) groups is 1. The third-order valence-corrected chi connectivity index (χ3v) is 5.98. The molecule has 108 valence electrons. The molecule has 0 saturated heterocycles. The van der Waals surface area contributed by atoms with Crippen LogP contribution in [-0.4, -0.2) is 34.5 Å². The molecule has 1 saturated carbocycles. The Labute approximate surface area is 126 Å². The first-order valence-corrected chi connectivity index (χ1v) is 8.43. The summed E-state index contributed by atoms with van der Waals surface area (Å²) in [5.74, 6) is -1.07. The number of nitrogens with one attached hydrogen (secondary N) is 1. The maximum atomic E-state index is 12.0. The van der Waals surface area contributed by atoms with Crippen molar-refractivity contribution < 1.29 is 14.7 Å². The fourth-order valence-electron chi connectivity index (χ4n) is 2.07. The third-order valence-electron chi connectivity index (χ3n) is 3.51. The van der Waals surface area contributed by atoms with Crippen LogP contribution in [-0.2, 0) is 4.79 Å². The Kier molecular flexibility index (Phi) is 4.88. The topological polar surface area (TPSA) is 66.4 Å². The van der Waals surface area contributed by atoms with Gasteiger partial charge in [-0.3, -0.25) is 4.79 Å². The lowest BCUT2D eigenvalue weighted by molar-refractivity contribution is -0.131. The fourth-order valence-corrected chi connectivity index (χ4v) is 3.81. The largest absolute Gasteiger partial charge is 0.478 e. The highest BCUT2D eigenvalue weighted by atomic mass is 32.2. The van der Waals surface area contributed by atoms with Gasteiger partial charge in [-0.15, -0.1) is 11.3 Å². The minimum atomic E-state index is -0.990. The highest BCUT2D eigenvalue weighted by Crippen LogP contribution is 2.42. The number of carboxylic acid groups (broad SMARTS) is 1. The van der Waals surface area contributed by atoms with Crippen LogP contribution in [0.3, 0.4) is 0 Å². The van der Waals surface area contributed by atoms with E-state index < -0.39 is 5.97 Å². The summed E-state index contributed by atoms with van der Waals surface area (Å²) in [7, 11) is 0. The molecule has 0 spiro atoms. The molecule has 2 N–H and O–H groups in total. The first kappa shape index (κ1) is 15.1. The Morgan fingerprint density at radius 3 is 2.80 bits per heavy atom. The second-order valence-corrected chi connectivity index (χ2v) is 7.19. The Bertz CT molecular complexity index is 527. The molecule has 0 radical (unpaired) electrons. The molecule has 2 rings (SSSR count). The molecule has 1 amide bonds. The van der Waals surface area contributed by atoms with E-state index in [9.17, 15) is 9.59 Å². The first-order valence-electron chi connectivity index (χ1n) is 6.39. The van der Waals surface area contributed by atoms with Crippen molar-refractivity contribution in [3.63, 3.8) is 0 Å². The monoisotopic (exact) mass is 311 g/mol. The molecule has 1 fully saturated rings. The molecule has 4 nitrogen and oxygen atoms in total. The predicted molar refractivity (Wildman–Crippen MR) is 83.4 cm³/mol. The van der Waals surface area contributed by atoms with E-state index in [1.807, 2.05) is 11.8 Å². The van der Waals surface area contributed by atoms with Crippen molar-refractivity contribution in [1.82, 2.24) is 5.32 Å². The number of hydrogen-bond acceptors (Lipinski definition) is 4. The van der Waals surface area contributed by atoms with Gasteiger partial charge in [0.05, 0.1) is 4.88 Å². The van der Waals surface area contributed by atoms with Crippen LogP contribution in [0.15, 0.2) is 18.2 Å². The molecular weight excluding hydrogens is 294 g/mol. The summed E-state index contributed by atoms with van der Waals surface area (Å²) >= 11 is 3.12. The molecule has 6 heteroatoms. The summed E-state index contributed by atoms with van der Waals surface area (Å²) in [6.45, 7) is 0.700. The predicted octanol–water partition coefficient (Wildman–Crippen LogP) is 2.86. The van der Waals surface area contributed by atoms with Crippen LogP contribution in [0.2, 0.25) is 0 Å². The molecule has 0 atom stereocenters. The van der Waals surface area contributed by atoms with Crippen molar-refractivity contribution in [3.05, 3.63) is 28.0 Å². The van der Waals surface area contributed by atoms with E-state index in [1.165, 1.54) is 23.8 Å². The van der Waals surface area contributed by atoms with E-state index in [0.29, 0.717) is 11.4 Å².